The van der Waals surface area contributed by atoms with E-state index in [2.05, 4.69) is 5.10 Å². The molecule has 0 fully saturated rings. The lowest BCUT2D eigenvalue weighted by Gasteiger charge is -2.09. The number of ether oxygens (including phenoxy) is 1. The number of rotatable bonds is 7. The van der Waals surface area contributed by atoms with Crippen LogP contribution < -0.4 is 5.32 Å². The van der Waals surface area contributed by atoms with Crippen molar-refractivity contribution in [1.82, 2.24) is 15.1 Å². The molecule has 2 rings (SSSR count). The summed E-state index contributed by atoms with van der Waals surface area (Å²) in [4.78, 5) is 24.2. The average molecular weight is 419 g/mol. The third-order valence-corrected chi connectivity index (χ3v) is 4.72. The lowest BCUT2D eigenvalue weighted by molar-refractivity contribution is -0.173. The number of esters is 1. The van der Waals surface area contributed by atoms with E-state index in [-0.39, 0.29) is 25.4 Å². The van der Waals surface area contributed by atoms with Gasteiger partial charge in [0.15, 0.2) is 5.69 Å². The molecule has 1 aromatic heterocycles. The van der Waals surface area contributed by atoms with Gasteiger partial charge in [0.2, 0.25) is 0 Å². The molecule has 0 aliphatic carbocycles. The maximum absolute atomic E-state index is 13.1. The molecule has 0 aliphatic rings. The second kappa shape index (κ2) is 9.09. The number of alkyl halides is 3. The summed E-state index contributed by atoms with van der Waals surface area (Å²) in [5.41, 5.74) is 0.495. The monoisotopic (exact) mass is 419 g/mol. The second-order valence-corrected chi connectivity index (χ2v) is 6.60. The predicted octanol–water partition coefficient (Wildman–Crippen LogP) is 3.34. The fourth-order valence-electron chi connectivity index (χ4n) is 2.20. The lowest BCUT2D eigenvalue weighted by Crippen LogP contribution is -2.38. The van der Waals surface area contributed by atoms with Crippen LogP contribution in [0.25, 0.3) is 0 Å². The summed E-state index contributed by atoms with van der Waals surface area (Å²) >= 11 is 1.15. The van der Waals surface area contributed by atoms with Crippen molar-refractivity contribution in [1.29, 1.82) is 0 Å². The number of hydrogen-bond acceptors (Lipinski definition) is 5. The molecule has 0 spiro atoms. The van der Waals surface area contributed by atoms with E-state index in [1.807, 2.05) is 0 Å². The normalized spacial score (nSPS) is 11.4. The van der Waals surface area contributed by atoms with Crippen LogP contribution in [0.15, 0.2) is 34.1 Å². The van der Waals surface area contributed by atoms with Crippen molar-refractivity contribution in [3.63, 3.8) is 0 Å². The Labute approximate surface area is 162 Å². The number of amides is 1. The predicted molar refractivity (Wildman–Crippen MR) is 92.5 cm³/mol. The zero-order valence-corrected chi connectivity index (χ0v) is 15.8. The summed E-state index contributed by atoms with van der Waals surface area (Å²) in [7, 11) is 0. The van der Waals surface area contributed by atoms with Gasteiger partial charge in [0.1, 0.15) is 5.82 Å². The highest BCUT2D eigenvalue weighted by Gasteiger charge is 2.38. The largest absolute Gasteiger partial charge is 0.471 e. The molecule has 0 saturated carbocycles. The third kappa shape index (κ3) is 5.47. The molecular formula is C17H17F4N3O3S. The van der Waals surface area contributed by atoms with E-state index in [1.165, 1.54) is 28.9 Å². The molecule has 0 unspecified atom stereocenters. The van der Waals surface area contributed by atoms with Crippen LogP contribution in [-0.2, 0) is 16.1 Å². The summed E-state index contributed by atoms with van der Waals surface area (Å²) < 4.78 is 56.2. The van der Waals surface area contributed by atoms with E-state index >= 15 is 0 Å². The van der Waals surface area contributed by atoms with Crippen LogP contribution >= 0.6 is 11.8 Å². The highest BCUT2D eigenvalue weighted by Crippen LogP contribution is 2.33. The Morgan fingerprint density at radius 1 is 1.25 bits per heavy atom. The Bertz CT molecular complexity index is 851. The quantitative estimate of drug-likeness (QED) is 0.551. The Morgan fingerprint density at radius 2 is 1.89 bits per heavy atom. The van der Waals surface area contributed by atoms with Crippen molar-refractivity contribution in [3.05, 3.63) is 41.5 Å². The minimum absolute atomic E-state index is 0.00387. The number of nitrogens with zero attached hydrogens (tertiary/aromatic N) is 2. The first-order chi connectivity index (χ1) is 13.1. The minimum atomic E-state index is -4.97. The van der Waals surface area contributed by atoms with Gasteiger partial charge in [-0.1, -0.05) is 11.8 Å². The van der Waals surface area contributed by atoms with E-state index in [4.69, 9.17) is 4.74 Å². The second-order valence-electron chi connectivity index (χ2n) is 5.52. The van der Waals surface area contributed by atoms with Crippen molar-refractivity contribution in [3.8, 4) is 0 Å². The van der Waals surface area contributed by atoms with Crippen LogP contribution in [0, 0.1) is 12.7 Å². The van der Waals surface area contributed by atoms with Gasteiger partial charge in [-0.3, -0.25) is 9.48 Å². The topological polar surface area (TPSA) is 73.2 Å². The molecule has 0 saturated heterocycles. The molecule has 28 heavy (non-hydrogen) atoms. The number of hydrogen-bond donors (Lipinski definition) is 1. The lowest BCUT2D eigenvalue weighted by atomic mass is 10.3. The molecule has 0 aliphatic heterocycles. The van der Waals surface area contributed by atoms with Crippen LogP contribution in [0.5, 0.6) is 0 Å². The highest BCUT2D eigenvalue weighted by atomic mass is 32.2. The first-order valence-corrected chi connectivity index (χ1v) is 8.98. The molecule has 2 aromatic rings. The molecule has 0 atom stereocenters. The molecule has 152 valence electrons. The summed E-state index contributed by atoms with van der Waals surface area (Å²) in [5, 5.41) is 5.86. The molecule has 0 radical (unpaired) electrons. The number of nitrogens with one attached hydrogen (secondary N) is 1. The van der Waals surface area contributed by atoms with Gasteiger partial charge in [-0.25, -0.2) is 9.18 Å². The number of aromatic nitrogens is 2. The fourth-order valence-corrected chi connectivity index (χ4v) is 3.18. The molecule has 1 N–H and O–H groups in total. The summed E-state index contributed by atoms with van der Waals surface area (Å²) in [6, 6.07) is 5.57. The van der Waals surface area contributed by atoms with Gasteiger partial charge >= 0.3 is 18.1 Å². The van der Waals surface area contributed by atoms with Crippen molar-refractivity contribution >= 4 is 23.6 Å². The zero-order chi connectivity index (χ0) is 20.9. The molecule has 6 nitrogen and oxygen atoms in total. The SMILES string of the molecule is CCOC(=O)c1nn(CCNC(=O)C(F)(F)F)c(C)c1Sc1ccc(F)cc1. The summed E-state index contributed by atoms with van der Waals surface area (Å²) in [6.07, 6.45) is -4.97. The average Bonchev–Trinajstić information content (AvgIpc) is 2.92. The highest BCUT2D eigenvalue weighted by molar-refractivity contribution is 7.99. The first-order valence-electron chi connectivity index (χ1n) is 8.16. The van der Waals surface area contributed by atoms with Crippen LogP contribution in [0.3, 0.4) is 0 Å². The van der Waals surface area contributed by atoms with Crippen molar-refractivity contribution in [2.75, 3.05) is 13.2 Å². The Kier molecular flexibility index (Phi) is 7.05. The molecule has 11 heteroatoms. The molecular weight excluding hydrogens is 402 g/mol. The standard InChI is InChI=1S/C17H17F4N3O3S/c1-3-27-15(25)13-14(28-12-6-4-11(18)5-7-12)10(2)24(23-13)9-8-22-16(26)17(19,20)21/h4-7H,3,8-9H2,1-2H3,(H,22,26). The number of benzene rings is 1. The molecule has 1 aromatic carbocycles. The smallest absolute Gasteiger partial charge is 0.461 e. The van der Waals surface area contributed by atoms with Crippen LogP contribution in [0.1, 0.15) is 23.1 Å². The van der Waals surface area contributed by atoms with Crippen LogP contribution in [0.4, 0.5) is 17.6 Å². The Hall–Kier alpha value is -2.56. The van der Waals surface area contributed by atoms with Crippen molar-refractivity contribution in [2.45, 2.75) is 36.4 Å². The molecule has 0 bridgehead atoms. The van der Waals surface area contributed by atoms with E-state index in [0.29, 0.717) is 15.5 Å². The van der Waals surface area contributed by atoms with E-state index in [0.717, 1.165) is 11.8 Å². The van der Waals surface area contributed by atoms with Gasteiger partial charge < -0.3 is 10.1 Å². The number of halogens is 4. The minimum Gasteiger partial charge on any atom is -0.461 e. The van der Waals surface area contributed by atoms with Crippen molar-refractivity contribution < 1.29 is 31.9 Å². The molecule has 1 heterocycles. The van der Waals surface area contributed by atoms with Gasteiger partial charge in [0.25, 0.3) is 0 Å². The van der Waals surface area contributed by atoms with E-state index in [1.54, 1.807) is 19.2 Å². The third-order valence-electron chi connectivity index (χ3n) is 3.52. The van der Waals surface area contributed by atoms with Crippen LogP contribution in [-0.4, -0.2) is 41.0 Å². The van der Waals surface area contributed by atoms with Gasteiger partial charge in [-0.2, -0.15) is 18.3 Å². The van der Waals surface area contributed by atoms with Crippen LogP contribution in [0.2, 0.25) is 0 Å². The van der Waals surface area contributed by atoms with Gasteiger partial charge in [0.05, 0.1) is 23.7 Å². The summed E-state index contributed by atoms with van der Waals surface area (Å²) in [6.45, 7) is 2.97. The van der Waals surface area contributed by atoms with Crippen molar-refractivity contribution in [2.24, 2.45) is 0 Å². The Balaban J connectivity index is 2.23. The van der Waals surface area contributed by atoms with Gasteiger partial charge in [0, 0.05) is 11.4 Å². The summed E-state index contributed by atoms with van der Waals surface area (Å²) in [5.74, 6) is -3.15. The first kappa shape index (κ1) is 21.7. The maximum Gasteiger partial charge on any atom is 0.471 e. The van der Waals surface area contributed by atoms with Gasteiger partial charge in [-0.05, 0) is 38.1 Å². The maximum atomic E-state index is 13.1. The van der Waals surface area contributed by atoms with Gasteiger partial charge in [-0.15, -0.1) is 0 Å². The zero-order valence-electron chi connectivity index (χ0n) is 15.0. The van der Waals surface area contributed by atoms with E-state index in [9.17, 15) is 27.2 Å². The number of carbonyl (C=O) groups excluding carboxylic acids is 2. The van der Waals surface area contributed by atoms with E-state index < -0.39 is 23.9 Å². The fraction of sp³-hybridized carbons (Fsp3) is 0.353. The number of carbonyl (C=O) groups is 2. The molecule has 1 amide bonds. The Morgan fingerprint density at radius 3 is 2.46 bits per heavy atom.